The van der Waals surface area contributed by atoms with Crippen molar-refractivity contribution in [1.29, 1.82) is 0 Å². The highest BCUT2D eigenvalue weighted by Gasteiger charge is 2.11. The number of carbonyl (C=O) groups is 1. The number of amides is 1. The second-order valence-electron chi connectivity index (χ2n) is 6.57. The molecular formula is C21H30FIN4O3. The van der Waals surface area contributed by atoms with Crippen LogP contribution in [0, 0.1) is 12.7 Å². The van der Waals surface area contributed by atoms with Gasteiger partial charge in [0.05, 0.1) is 12.8 Å². The van der Waals surface area contributed by atoms with E-state index in [1.54, 1.807) is 18.2 Å². The summed E-state index contributed by atoms with van der Waals surface area (Å²) in [6.45, 7) is 8.07. The molecule has 1 aromatic carbocycles. The smallest absolute Gasteiger partial charge is 0.287 e. The van der Waals surface area contributed by atoms with Crippen LogP contribution in [0.4, 0.5) is 4.39 Å². The van der Waals surface area contributed by atoms with Crippen LogP contribution >= 0.6 is 24.0 Å². The molecule has 0 bridgehead atoms. The average Bonchev–Trinajstić information content (AvgIpc) is 3.13. The van der Waals surface area contributed by atoms with Crippen LogP contribution in [0.15, 0.2) is 46.0 Å². The summed E-state index contributed by atoms with van der Waals surface area (Å²) in [5, 5.41) is 9.23. The third-order valence-electron chi connectivity index (χ3n) is 4.00. The zero-order chi connectivity index (χ0) is 21.1. The number of halogens is 2. The zero-order valence-electron chi connectivity index (χ0n) is 17.5. The van der Waals surface area contributed by atoms with Crippen molar-refractivity contribution in [3.05, 3.63) is 53.7 Å². The van der Waals surface area contributed by atoms with Gasteiger partial charge in [-0.1, -0.05) is 0 Å². The Kier molecular flexibility index (Phi) is 11.9. The van der Waals surface area contributed by atoms with Gasteiger partial charge in [-0.3, -0.25) is 4.79 Å². The van der Waals surface area contributed by atoms with Gasteiger partial charge < -0.3 is 25.1 Å². The van der Waals surface area contributed by atoms with Crippen LogP contribution in [0.25, 0.3) is 0 Å². The number of carbonyl (C=O) groups excluding carboxylic acids is 1. The molecule has 7 nitrogen and oxygen atoms in total. The average molecular weight is 532 g/mol. The fourth-order valence-electron chi connectivity index (χ4n) is 2.53. The fraction of sp³-hybridized carbons (Fsp3) is 0.429. The first-order valence-electron chi connectivity index (χ1n) is 9.76. The Balaban J connectivity index is 0.00000450. The summed E-state index contributed by atoms with van der Waals surface area (Å²) in [5.41, 5.74) is 0.819. The lowest BCUT2D eigenvalue weighted by Crippen LogP contribution is -2.39. The number of aliphatic imine (C=N–C) groups is 1. The molecule has 9 heteroatoms. The van der Waals surface area contributed by atoms with Crippen LogP contribution in [0.1, 0.15) is 36.4 Å². The Morgan fingerprint density at radius 3 is 2.50 bits per heavy atom. The van der Waals surface area contributed by atoms with Gasteiger partial charge in [-0.15, -0.1) is 24.0 Å². The molecule has 1 amide bonds. The molecule has 0 saturated heterocycles. The van der Waals surface area contributed by atoms with Crippen molar-refractivity contribution in [2.75, 3.05) is 26.2 Å². The van der Waals surface area contributed by atoms with Crippen molar-refractivity contribution in [2.45, 2.75) is 33.3 Å². The third kappa shape index (κ3) is 9.02. The molecule has 1 aromatic heterocycles. The minimum absolute atomic E-state index is 0. The molecule has 2 rings (SSSR count). The van der Waals surface area contributed by atoms with Crippen molar-refractivity contribution >= 4 is 35.8 Å². The lowest BCUT2D eigenvalue weighted by atomic mass is 10.2. The van der Waals surface area contributed by atoms with E-state index in [1.165, 1.54) is 18.4 Å². The number of guanidine groups is 1. The Hall–Kier alpha value is -2.30. The van der Waals surface area contributed by atoms with Gasteiger partial charge in [-0.05, 0) is 57.5 Å². The van der Waals surface area contributed by atoms with Crippen molar-refractivity contribution in [3.63, 3.8) is 0 Å². The third-order valence-corrected chi connectivity index (χ3v) is 4.00. The van der Waals surface area contributed by atoms with E-state index in [2.05, 4.69) is 20.9 Å². The first kappa shape index (κ1) is 25.7. The number of benzene rings is 1. The van der Waals surface area contributed by atoms with Crippen LogP contribution < -0.4 is 20.7 Å². The quantitative estimate of drug-likeness (QED) is 0.189. The summed E-state index contributed by atoms with van der Waals surface area (Å²) in [4.78, 5) is 16.5. The van der Waals surface area contributed by atoms with Crippen molar-refractivity contribution in [1.82, 2.24) is 16.0 Å². The van der Waals surface area contributed by atoms with Crippen molar-refractivity contribution in [3.8, 4) is 5.75 Å². The monoisotopic (exact) mass is 532 g/mol. The summed E-state index contributed by atoms with van der Waals surface area (Å²) >= 11 is 0. The van der Waals surface area contributed by atoms with Crippen LogP contribution in [0.3, 0.4) is 0 Å². The first-order valence-corrected chi connectivity index (χ1v) is 9.76. The molecule has 0 aliphatic rings. The maximum atomic E-state index is 12.9. The van der Waals surface area contributed by atoms with Crippen LogP contribution in [-0.4, -0.2) is 44.1 Å². The number of rotatable bonds is 10. The van der Waals surface area contributed by atoms with Gasteiger partial charge in [0.25, 0.3) is 5.91 Å². The normalized spacial score (nSPS) is 11.9. The molecule has 0 aliphatic carbocycles. The molecule has 0 fully saturated rings. The number of nitrogens with one attached hydrogen (secondary N) is 3. The number of nitrogens with zero attached hydrogens (tertiary/aromatic N) is 1. The fourth-order valence-corrected chi connectivity index (χ4v) is 2.53. The van der Waals surface area contributed by atoms with E-state index in [9.17, 15) is 9.18 Å². The first-order chi connectivity index (χ1) is 14.0. The summed E-state index contributed by atoms with van der Waals surface area (Å²) in [6.07, 6.45) is 2.08. The molecule has 0 spiro atoms. The minimum Gasteiger partial charge on any atom is -0.489 e. The van der Waals surface area contributed by atoms with Crippen molar-refractivity contribution in [2.24, 2.45) is 4.99 Å². The Morgan fingerprint density at radius 1 is 1.17 bits per heavy atom. The van der Waals surface area contributed by atoms with Gasteiger partial charge in [0.1, 0.15) is 17.7 Å². The van der Waals surface area contributed by atoms with Gasteiger partial charge in [0.15, 0.2) is 11.7 Å². The number of aryl methyl sites for hydroxylation is 1. The molecular weight excluding hydrogens is 502 g/mol. The highest BCUT2D eigenvalue weighted by atomic mass is 127. The van der Waals surface area contributed by atoms with E-state index in [-0.39, 0.29) is 41.8 Å². The predicted octanol–water partition coefficient (Wildman–Crippen LogP) is 3.49. The van der Waals surface area contributed by atoms with Gasteiger partial charge >= 0.3 is 0 Å². The largest absolute Gasteiger partial charge is 0.489 e. The SMILES string of the molecule is CCNC(=NCC(C)Oc1ccc(F)cc1)NCCCNC(=O)c1occc1C.I. The van der Waals surface area contributed by atoms with Gasteiger partial charge in [0, 0.05) is 25.2 Å². The zero-order valence-corrected chi connectivity index (χ0v) is 19.9. The number of hydrogen-bond acceptors (Lipinski definition) is 4. The molecule has 0 saturated carbocycles. The topological polar surface area (TPSA) is 87.9 Å². The molecule has 3 N–H and O–H groups in total. The number of ether oxygens (including phenoxy) is 1. The van der Waals surface area contributed by atoms with E-state index >= 15 is 0 Å². The van der Waals surface area contributed by atoms with Crippen LogP contribution in [0.5, 0.6) is 5.75 Å². The minimum atomic E-state index is -0.294. The summed E-state index contributed by atoms with van der Waals surface area (Å²) in [5.74, 6) is 1.13. The van der Waals surface area contributed by atoms with Crippen LogP contribution in [-0.2, 0) is 0 Å². The summed E-state index contributed by atoms with van der Waals surface area (Å²) in [7, 11) is 0. The van der Waals surface area contributed by atoms with E-state index in [0.717, 1.165) is 18.5 Å². The van der Waals surface area contributed by atoms with Gasteiger partial charge in [-0.25, -0.2) is 9.38 Å². The van der Waals surface area contributed by atoms with Gasteiger partial charge in [0.2, 0.25) is 0 Å². The maximum Gasteiger partial charge on any atom is 0.287 e. The molecule has 166 valence electrons. The summed E-state index contributed by atoms with van der Waals surface area (Å²) in [6, 6.07) is 7.68. The maximum absolute atomic E-state index is 12.9. The lowest BCUT2D eigenvalue weighted by Gasteiger charge is -2.15. The predicted molar refractivity (Wildman–Crippen MR) is 126 cm³/mol. The highest BCUT2D eigenvalue weighted by Crippen LogP contribution is 2.13. The Morgan fingerprint density at radius 2 is 1.87 bits per heavy atom. The molecule has 0 aliphatic heterocycles. The Bertz CT molecular complexity index is 796. The molecule has 0 radical (unpaired) electrons. The molecule has 1 atom stereocenters. The molecule has 1 heterocycles. The second kappa shape index (κ2) is 13.8. The lowest BCUT2D eigenvalue weighted by molar-refractivity contribution is 0.0925. The molecule has 1 unspecified atom stereocenters. The standard InChI is InChI=1S/C21H29FN4O3.HI/c1-4-23-21(26-14-16(3)29-18-8-6-17(22)7-9-18)25-12-5-11-24-20(27)19-15(2)10-13-28-19;/h6-10,13,16H,4-5,11-12,14H2,1-3H3,(H,24,27)(H2,23,25,26);1H. The summed E-state index contributed by atoms with van der Waals surface area (Å²) < 4.78 is 23.8. The Labute approximate surface area is 193 Å². The van der Waals surface area contributed by atoms with Crippen LogP contribution in [0.2, 0.25) is 0 Å². The number of furan rings is 1. The van der Waals surface area contributed by atoms with Gasteiger partial charge in [-0.2, -0.15) is 0 Å². The van der Waals surface area contributed by atoms with Crippen molar-refractivity contribution < 1.29 is 18.3 Å². The molecule has 2 aromatic rings. The molecule has 30 heavy (non-hydrogen) atoms. The van der Waals surface area contributed by atoms with E-state index in [1.807, 2.05) is 20.8 Å². The van der Waals surface area contributed by atoms with E-state index in [0.29, 0.717) is 37.1 Å². The van der Waals surface area contributed by atoms with E-state index in [4.69, 9.17) is 9.15 Å². The second-order valence-corrected chi connectivity index (χ2v) is 6.57. The number of hydrogen-bond donors (Lipinski definition) is 3. The highest BCUT2D eigenvalue weighted by molar-refractivity contribution is 14.0. The van der Waals surface area contributed by atoms with E-state index < -0.39 is 0 Å².